The molecule has 102 valence electrons. The highest BCUT2D eigenvalue weighted by Gasteiger charge is 2.03. The maximum atomic E-state index is 8.55. The second-order valence-corrected chi connectivity index (χ2v) is 4.82. The fourth-order valence-electron chi connectivity index (χ4n) is 1.90. The highest BCUT2D eigenvalue weighted by molar-refractivity contribution is 6.30. The number of ether oxygens (including phenoxy) is 1. The number of aryl methyl sites for hydroxylation is 2. The van der Waals surface area contributed by atoms with Crippen LogP contribution in [0.2, 0.25) is 5.02 Å². The summed E-state index contributed by atoms with van der Waals surface area (Å²) in [7, 11) is 0. The fraction of sp³-hybridized carbons (Fsp3) is 0.571. The van der Waals surface area contributed by atoms with E-state index in [1.807, 2.05) is 12.1 Å². The molecule has 0 bridgehead atoms. The van der Waals surface area contributed by atoms with Crippen LogP contribution in [0, 0.1) is 13.8 Å². The minimum absolute atomic E-state index is 0.0938. The molecule has 1 aromatic carbocycles. The smallest absolute Gasteiger partial charge is 0.0697 e. The van der Waals surface area contributed by atoms with E-state index in [9.17, 15) is 0 Å². The Kier molecular flexibility index (Phi) is 7.28. The first-order chi connectivity index (χ1) is 8.65. The predicted molar refractivity (Wildman–Crippen MR) is 75.2 cm³/mol. The molecule has 0 aliphatic rings. The van der Waals surface area contributed by atoms with Crippen molar-refractivity contribution in [3.05, 3.63) is 33.8 Å². The molecule has 0 atom stereocenters. The summed E-state index contributed by atoms with van der Waals surface area (Å²) >= 11 is 6.00. The first kappa shape index (κ1) is 15.4. The second-order valence-electron chi connectivity index (χ2n) is 4.38. The molecule has 0 heterocycles. The summed E-state index contributed by atoms with van der Waals surface area (Å²) in [5.74, 6) is 0. The molecule has 18 heavy (non-hydrogen) atoms. The number of hydrogen-bond donors (Lipinski definition) is 2. The van der Waals surface area contributed by atoms with Crippen LogP contribution in [-0.4, -0.2) is 31.5 Å². The Morgan fingerprint density at radius 3 is 2.50 bits per heavy atom. The van der Waals surface area contributed by atoms with Gasteiger partial charge in [0.25, 0.3) is 0 Å². The summed E-state index contributed by atoms with van der Waals surface area (Å²) in [6.45, 7) is 7.14. The number of aliphatic hydroxyl groups is 1. The topological polar surface area (TPSA) is 41.5 Å². The molecule has 0 radical (unpaired) electrons. The molecule has 2 N–H and O–H groups in total. The van der Waals surface area contributed by atoms with Crippen molar-refractivity contribution >= 4 is 11.6 Å². The Morgan fingerprint density at radius 2 is 1.89 bits per heavy atom. The van der Waals surface area contributed by atoms with Crippen LogP contribution in [-0.2, 0) is 11.3 Å². The molecule has 3 nitrogen and oxygen atoms in total. The van der Waals surface area contributed by atoms with Gasteiger partial charge in [-0.3, -0.25) is 0 Å². The van der Waals surface area contributed by atoms with Crippen molar-refractivity contribution in [2.45, 2.75) is 26.8 Å². The minimum Gasteiger partial charge on any atom is -0.394 e. The number of rotatable bonds is 8. The van der Waals surface area contributed by atoms with Crippen molar-refractivity contribution in [1.82, 2.24) is 5.32 Å². The Hall–Kier alpha value is -0.610. The van der Waals surface area contributed by atoms with Crippen LogP contribution in [0.15, 0.2) is 12.1 Å². The number of halogens is 1. The second kappa shape index (κ2) is 8.48. The van der Waals surface area contributed by atoms with Gasteiger partial charge in [0, 0.05) is 18.2 Å². The average Bonchev–Trinajstić information content (AvgIpc) is 2.30. The van der Waals surface area contributed by atoms with Gasteiger partial charge in [0.1, 0.15) is 0 Å². The molecule has 1 aromatic rings. The van der Waals surface area contributed by atoms with E-state index >= 15 is 0 Å². The Labute approximate surface area is 114 Å². The van der Waals surface area contributed by atoms with Crippen LogP contribution in [0.1, 0.15) is 23.1 Å². The van der Waals surface area contributed by atoms with Gasteiger partial charge in [0.15, 0.2) is 0 Å². The SMILES string of the molecule is Cc1cc(Cl)cc(C)c1CNCCCOCCO. The average molecular weight is 272 g/mol. The van der Waals surface area contributed by atoms with Crippen molar-refractivity contribution in [1.29, 1.82) is 0 Å². The monoisotopic (exact) mass is 271 g/mol. The van der Waals surface area contributed by atoms with Gasteiger partial charge in [0.05, 0.1) is 13.2 Å². The zero-order chi connectivity index (χ0) is 13.4. The maximum absolute atomic E-state index is 8.55. The lowest BCUT2D eigenvalue weighted by molar-refractivity contribution is 0.0907. The molecule has 0 fully saturated rings. The Bertz CT molecular complexity index is 346. The van der Waals surface area contributed by atoms with Gasteiger partial charge < -0.3 is 15.2 Å². The number of nitrogens with one attached hydrogen (secondary N) is 1. The molecule has 0 saturated heterocycles. The lowest BCUT2D eigenvalue weighted by Gasteiger charge is -2.11. The molecule has 0 unspecified atom stereocenters. The van der Waals surface area contributed by atoms with Crippen molar-refractivity contribution < 1.29 is 9.84 Å². The summed E-state index contributed by atoms with van der Waals surface area (Å²) in [6, 6.07) is 3.99. The molecular weight excluding hydrogens is 250 g/mol. The summed E-state index contributed by atoms with van der Waals surface area (Å²) in [5, 5.41) is 12.7. The lowest BCUT2D eigenvalue weighted by atomic mass is 10.0. The number of aliphatic hydroxyl groups excluding tert-OH is 1. The molecule has 1 rings (SSSR count). The van der Waals surface area contributed by atoms with Crippen LogP contribution < -0.4 is 5.32 Å². The molecule has 0 aliphatic heterocycles. The van der Waals surface area contributed by atoms with Gasteiger partial charge in [-0.1, -0.05) is 11.6 Å². The standard InChI is InChI=1S/C14H22ClNO2/c1-11-8-13(15)9-12(2)14(11)10-16-4-3-6-18-7-5-17/h8-9,16-17H,3-7,10H2,1-2H3. The third-order valence-electron chi connectivity index (χ3n) is 2.84. The van der Waals surface area contributed by atoms with Crippen LogP contribution in [0.3, 0.4) is 0 Å². The molecule has 0 aliphatic carbocycles. The van der Waals surface area contributed by atoms with E-state index in [4.69, 9.17) is 21.4 Å². The van der Waals surface area contributed by atoms with Crippen molar-refractivity contribution in [3.8, 4) is 0 Å². The summed E-state index contributed by atoms with van der Waals surface area (Å²) < 4.78 is 5.19. The van der Waals surface area contributed by atoms with E-state index in [0.29, 0.717) is 13.2 Å². The van der Waals surface area contributed by atoms with E-state index in [1.165, 1.54) is 16.7 Å². The summed E-state index contributed by atoms with van der Waals surface area (Å²) in [6.07, 6.45) is 0.950. The molecule has 4 heteroatoms. The van der Waals surface area contributed by atoms with Gasteiger partial charge in [-0.2, -0.15) is 0 Å². The molecule has 0 spiro atoms. The van der Waals surface area contributed by atoms with Gasteiger partial charge >= 0.3 is 0 Å². The summed E-state index contributed by atoms with van der Waals surface area (Å²) in [4.78, 5) is 0. The molecule has 0 aromatic heterocycles. The van der Waals surface area contributed by atoms with E-state index in [1.54, 1.807) is 0 Å². The molecular formula is C14H22ClNO2. The highest BCUT2D eigenvalue weighted by atomic mass is 35.5. The van der Waals surface area contributed by atoms with Gasteiger partial charge in [-0.25, -0.2) is 0 Å². The van der Waals surface area contributed by atoms with Crippen LogP contribution >= 0.6 is 11.6 Å². The van der Waals surface area contributed by atoms with Gasteiger partial charge in [-0.15, -0.1) is 0 Å². The van der Waals surface area contributed by atoms with Gasteiger partial charge in [-0.05, 0) is 55.6 Å². The predicted octanol–water partition coefficient (Wildman–Crippen LogP) is 2.45. The summed E-state index contributed by atoms with van der Waals surface area (Å²) in [5.41, 5.74) is 3.77. The first-order valence-electron chi connectivity index (χ1n) is 6.30. The van der Waals surface area contributed by atoms with E-state index < -0.39 is 0 Å². The zero-order valence-corrected chi connectivity index (χ0v) is 11.9. The van der Waals surface area contributed by atoms with E-state index in [-0.39, 0.29) is 6.61 Å². The third-order valence-corrected chi connectivity index (χ3v) is 3.06. The third kappa shape index (κ3) is 5.36. The van der Waals surface area contributed by atoms with Crippen molar-refractivity contribution in [2.75, 3.05) is 26.4 Å². The largest absolute Gasteiger partial charge is 0.394 e. The lowest BCUT2D eigenvalue weighted by Crippen LogP contribution is -2.18. The minimum atomic E-state index is 0.0938. The van der Waals surface area contributed by atoms with Crippen LogP contribution in [0.25, 0.3) is 0 Å². The van der Waals surface area contributed by atoms with Gasteiger partial charge in [0.2, 0.25) is 0 Å². The van der Waals surface area contributed by atoms with E-state index in [0.717, 1.165) is 24.5 Å². The van der Waals surface area contributed by atoms with Crippen LogP contribution in [0.4, 0.5) is 0 Å². The van der Waals surface area contributed by atoms with E-state index in [2.05, 4.69) is 19.2 Å². The van der Waals surface area contributed by atoms with Crippen LogP contribution in [0.5, 0.6) is 0 Å². The highest BCUT2D eigenvalue weighted by Crippen LogP contribution is 2.19. The van der Waals surface area contributed by atoms with Crippen molar-refractivity contribution in [3.63, 3.8) is 0 Å². The quantitative estimate of drug-likeness (QED) is 0.714. The zero-order valence-electron chi connectivity index (χ0n) is 11.1. The maximum Gasteiger partial charge on any atom is 0.0697 e. The Morgan fingerprint density at radius 1 is 1.22 bits per heavy atom. The first-order valence-corrected chi connectivity index (χ1v) is 6.68. The number of hydrogen-bond acceptors (Lipinski definition) is 3. The number of benzene rings is 1. The van der Waals surface area contributed by atoms with Crippen molar-refractivity contribution in [2.24, 2.45) is 0 Å². The Balaban J connectivity index is 2.27. The normalized spacial score (nSPS) is 10.9. The fourth-order valence-corrected chi connectivity index (χ4v) is 2.23. The molecule has 0 saturated carbocycles. The molecule has 0 amide bonds.